The third kappa shape index (κ3) is 3.27. The molecular weight excluding hydrogens is 263 g/mol. The topological polar surface area (TPSA) is 83.6 Å². The third-order valence-electron chi connectivity index (χ3n) is 2.20. The van der Waals surface area contributed by atoms with Gasteiger partial charge in [0.15, 0.2) is 0 Å². The molecule has 0 bridgehead atoms. The smallest absolute Gasteiger partial charge is 0.343 e. The number of hydrogen-bond acceptors (Lipinski definition) is 4. The number of hydrogen-bond donors (Lipinski definition) is 2. The summed E-state index contributed by atoms with van der Waals surface area (Å²) in [6.45, 7) is 0.0849. The van der Waals surface area contributed by atoms with Crippen LogP contribution in [-0.4, -0.2) is 26.1 Å². The zero-order valence-corrected chi connectivity index (χ0v) is 9.40. The number of alkyl halides is 3. The Bertz CT molecular complexity index is 550. The van der Waals surface area contributed by atoms with Gasteiger partial charge in [-0.1, -0.05) is 0 Å². The average molecular weight is 271 g/mol. The maximum atomic E-state index is 12.3. The van der Waals surface area contributed by atoms with E-state index in [4.69, 9.17) is 0 Å². The van der Waals surface area contributed by atoms with E-state index in [0.29, 0.717) is 12.0 Å². The Morgan fingerprint density at radius 1 is 1.32 bits per heavy atom. The number of rotatable bonds is 3. The Balaban J connectivity index is 2.00. The van der Waals surface area contributed by atoms with Gasteiger partial charge >= 0.3 is 6.18 Å². The molecule has 0 atom stereocenters. The molecule has 2 aromatic heterocycles. The molecule has 2 aromatic rings. The van der Waals surface area contributed by atoms with Gasteiger partial charge < -0.3 is 5.32 Å². The van der Waals surface area contributed by atoms with Crippen LogP contribution in [0.5, 0.6) is 0 Å². The van der Waals surface area contributed by atoms with Gasteiger partial charge in [0.25, 0.3) is 5.91 Å². The first-order valence-electron chi connectivity index (χ1n) is 5.12. The number of carbonyl (C=O) groups excluding carboxylic acids is 1. The number of aromatic amines is 1. The van der Waals surface area contributed by atoms with Crippen LogP contribution in [0.4, 0.5) is 13.2 Å². The van der Waals surface area contributed by atoms with Gasteiger partial charge in [0.05, 0.1) is 12.1 Å². The second kappa shape index (κ2) is 5.04. The van der Waals surface area contributed by atoms with Crippen molar-refractivity contribution in [1.29, 1.82) is 0 Å². The van der Waals surface area contributed by atoms with E-state index in [1.54, 1.807) is 0 Å². The van der Waals surface area contributed by atoms with Gasteiger partial charge in [-0.05, 0) is 12.1 Å². The van der Waals surface area contributed by atoms with Crippen LogP contribution in [0.15, 0.2) is 24.7 Å². The molecule has 0 aliphatic heterocycles. The molecule has 0 aliphatic rings. The lowest BCUT2D eigenvalue weighted by Gasteiger charge is -2.06. The van der Waals surface area contributed by atoms with E-state index in [1.165, 1.54) is 6.33 Å². The lowest BCUT2D eigenvalue weighted by atomic mass is 10.2. The highest BCUT2D eigenvalue weighted by molar-refractivity contribution is 5.92. The molecule has 0 aromatic carbocycles. The van der Waals surface area contributed by atoms with E-state index in [9.17, 15) is 18.0 Å². The molecule has 2 heterocycles. The highest BCUT2D eigenvalue weighted by Gasteiger charge is 2.30. The zero-order valence-electron chi connectivity index (χ0n) is 9.40. The summed E-state index contributed by atoms with van der Waals surface area (Å²) in [6, 6.07) is 1.81. The molecule has 0 fully saturated rings. The molecule has 0 aliphatic carbocycles. The van der Waals surface area contributed by atoms with Crippen molar-refractivity contribution in [2.45, 2.75) is 12.7 Å². The third-order valence-corrected chi connectivity index (χ3v) is 2.20. The van der Waals surface area contributed by atoms with Crippen LogP contribution in [0.2, 0.25) is 0 Å². The largest absolute Gasteiger partial charge is 0.417 e. The van der Waals surface area contributed by atoms with Crippen molar-refractivity contribution < 1.29 is 18.0 Å². The van der Waals surface area contributed by atoms with Crippen LogP contribution in [0.25, 0.3) is 0 Å². The molecule has 2 rings (SSSR count). The number of aromatic nitrogens is 4. The van der Waals surface area contributed by atoms with Gasteiger partial charge in [-0.2, -0.15) is 18.3 Å². The molecule has 9 heteroatoms. The number of H-pyrrole nitrogens is 1. The monoisotopic (exact) mass is 271 g/mol. The lowest BCUT2D eigenvalue weighted by Crippen LogP contribution is -2.24. The second-order valence-electron chi connectivity index (χ2n) is 3.54. The van der Waals surface area contributed by atoms with Crippen LogP contribution < -0.4 is 5.32 Å². The lowest BCUT2D eigenvalue weighted by molar-refractivity contribution is -0.137. The summed E-state index contributed by atoms with van der Waals surface area (Å²) in [5, 5.41) is 8.55. The molecule has 1 amide bonds. The molecule has 2 N–H and O–H groups in total. The summed E-state index contributed by atoms with van der Waals surface area (Å²) in [6.07, 6.45) is -2.58. The molecule has 6 nitrogen and oxygen atoms in total. The summed E-state index contributed by atoms with van der Waals surface area (Å²) in [7, 11) is 0. The van der Waals surface area contributed by atoms with Crippen LogP contribution in [0.3, 0.4) is 0 Å². The quantitative estimate of drug-likeness (QED) is 0.877. The fourth-order valence-electron chi connectivity index (χ4n) is 1.27. The van der Waals surface area contributed by atoms with Gasteiger partial charge in [0.2, 0.25) is 0 Å². The zero-order chi connectivity index (χ0) is 13.9. The van der Waals surface area contributed by atoms with Gasteiger partial charge in [0, 0.05) is 6.20 Å². The van der Waals surface area contributed by atoms with Gasteiger partial charge in [-0.25, -0.2) is 4.98 Å². The Morgan fingerprint density at radius 2 is 2.11 bits per heavy atom. The van der Waals surface area contributed by atoms with Crippen LogP contribution in [0, 0.1) is 0 Å². The van der Waals surface area contributed by atoms with Gasteiger partial charge in [-0.3, -0.25) is 14.9 Å². The highest BCUT2D eigenvalue weighted by Crippen LogP contribution is 2.28. The predicted octanol–water partition coefficient (Wildman–Crippen LogP) is 1.15. The highest BCUT2D eigenvalue weighted by atomic mass is 19.4. The standard InChI is InChI=1S/C10H8F3N5O/c11-10(12,13)6-1-2-7(14-3-6)9(19)15-4-8-16-5-17-18-8/h1-3,5H,4H2,(H,15,19)(H,16,17,18). The Morgan fingerprint density at radius 3 is 2.63 bits per heavy atom. The van der Waals surface area contributed by atoms with Crippen molar-refractivity contribution in [1.82, 2.24) is 25.5 Å². The summed E-state index contributed by atoms with van der Waals surface area (Å²) in [4.78, 5) is 18.8. The van der Waals surface area contributed by atoms with Gasteiger partial charge in [-0.15, -0.1) is 0 Å². The first-order valence-corrected chi connectivity index (χ1v) is 5.12. The summed E-state index contributed by atoms with van der Waals surface area (Å²) in [5.74, 6) is -0.162. The fourth-order valence-corrected chi connectivity index (χ4v) is 1.27. The van der Waals surface area contributed by atoms with E-state index in [2.05, 4.69) is 25.5 Å². The van der Waals surface area contributed by atoms with Crippen molar-refractivity contribution in [3.8, 4) is 0 Å². The minimum Gasteiger partial charge on any atom is -0.343 e. The van der Waals surface area contributed by atoms with Crippen molar-refractivity contribution >= 4 is 5.91 Å². The SMILES string of the molecule is O=C(NCc1ncn[nH]1)c1ccc(C(F)(F)F)cn1. The van der Waals surface area contributed by atoms with E-state index >= 15 is 0 Å². The van der Waals surface area contributed by atoms with E-state index in [0.717, 1.165) is 12.1 Å². The van der Waals surface area contributed by atoms with Crippen molar-refractivity contribution in [2.24, 2.45) is 0 Å². The maximum absolute atomic E-state index is 12.3. The molecule has 19 heavy (non-hydrogen) atoms. The second-order valence-corrected chi connectivity index (χ2v) is 3.54. The van der Waals surface area contributed by atoms with E-state index < -0.39 is 17.6 Å². The molecule has 0 spiro atoms. The number of pyridine rings is 1. The number of nitrogens with zero attached hydrogens (tertiary/aromatic N) is 3. The summed E-state index contributed by atoms with van der Waals surface area (Å²) in [5.41, 5.74) is -1.01. The van der Waals surface area contributed by atoms with Crippen molar-refractivity contribution in [3.05, 3.63) is 41.7 Å². The number of carbonyl (C=O) groups is 1. The maximum Gasteiger partial charge on any atom is 0.417 e. The molecule has 0 radical (unpaired) electrons. The molecule has 0 saturated heterocycles. The first-order chi connectivity index (χ1) is 8.97. The Labute approximate surface area is 105 Å². The van der Waals surface area contributed by atoms with E-state index in [1.807, 2.05) is 0 Å². The van der Waals surface area contributed by atoms with E-state index in [-0.39, 0.29) is 12.2 Å². The molecule has 0 saturated carbocycles. The number of amides is 1. The Hall–Kier alpha value is -2.45. The van der Waals surface area contributed by atoms with Crippen LogP contribution in [0.1, 0.15) is 21.9 Å². The van der Waals surface area contributed by atoms with Crippen molar-refractivity contribution in [2.75, 3.05) is 0 Å². The predicted molar refractivity (Wildman–Crippen MR) is 56.8 cm³/mol. The van der Waals surface area contributed by atoms with Crippen molar-refractivity contribution in [3.63, 3.8) is 0 Å². The molecule has 0 unspecified atom stereocenters. The normalized spacial score (nSPS) is 11.3. The van der Waals surface area contributed by atoms with Crippen LogP contribution in [-0.2, 0) is 12.7 Å². The Kier molecular flexibility index (Phi) is 3.45. The first kappa shape index (κ1) is 13.0. The van der Waals surface area contributed by atoms with Crippen LogP contribution >= 0.6 is 0 Å². The van der Waals surface area contributed by atoms with Gasteiger partial charge in [0.1, 0.15) is 17.8 Å². The fraction of sp³-hybridized carbons (Fsp3) is 0.200. The average Bonchev–Trinajstić information content (AvgIpc) is 2.88. The summed E-state index contributed by atoms with van der Waals surface area (Å²) < 4.78 is 36.9. The number of halogens is 3. The molecule has 100 valence electrons. The summed E-state index contributed by atoms with van der Waals surface area (Å²) >= 11 is 0. The minimum atomic E-state index is -4.47. The number of nitrogens with one attached hydrogen (secondary N) is 2. The minimum absolute atomic E-state index is 0.0849. The molecular formula is C10H8F3N5O.